The highest BCUT2D eigenvalue weighted by atomic mass is 32.1. The van der Waals surface area contributed by atoms with Crippen LogP contribution in [0.4, 0.5) is 0 Å². The van der Waals surface area contributed by atoms with Crippen LogP contribution < -0.4 is 0 Å². The normalized spacial score (nSPS) is 15.8. The quantitative estimate of drug-likeness (QED) is 0.912. The fourth-order valence-corrected chi connectivity index (χ4v) is 2.52. The SMILES string of the molecule is CC(C)c1nc(CN2N=C(C(=O)O)CCC2=O)cs1. The lowest BCUT2D eigenvalue weighted by molar-refractivity contribution is -0.133. The summed E-state index contributed by atoms with van der Waals surface area (Å²) in [4.78, 5) is 27.0. The number of hydrogen-bond acceptors (Lipinski definition) is 5. The second-order valence-electron chi connectivity index (χ2n) is 4.64. The monoisotopic (exact) mass is 281 g/mol. The van der Waals surface area contributed by atoms with E-state index < -0.39 is 5.97 Å². The number of carboxylic acids is 1. The third-order valence-corrected chi connectivity index (χ3v) is 3.92. The molecule has 1 aliphatic heterocycles. The highest BCUT2D eigenvalue weighted by molar-refractivity contribution is 7.09. The minimum Gasteiger partial charge on any atom is -0.477 e. The van der Waals surface area contributed by atoms with E-state index in [4.69, 9.17) is 5.11 Å². The van der Waals surface area contributed by atoms with Crippen molar-refractivity contribution >= 4 is 28.9 Å². The predicted octanol–water partition coefficient (Wildman–Crippen LogP) is 1.83. The molecule has 1 amide bonds. The molecule has 0 saturated heterocycles. The van der Waals surface area contributed by atoms with Crippen LogP contribution in [0.2, 0.25) is 0 Å². The minimum atomic E-state index is -1.07. The molecule has 102 valence electrons. The molecule has 1 aromatic rings. The summed E-state index contributed by atoms with van der Waals surface area (Å²) < 4.78 is 0. The van der Waals surface area contributed by atoms with Gasteiger partial charge in [-0.1, -0.05) is 13.8 Å². The number of thiazole rings is 1. The molecule has 0 saturated carbocycles. The van der Waals surface area contributed by atoms with Crippen LogP contribution in [0.3, 0.4) is 0 Å². The lowest BCUT2D eigenvalue weighted by Crippen LogP contribution is -2.33. The maximum atomic E-state index is 11.7. The third-order valence-electron chi connectivity index (χ3n) is 2.73. The predicted molar refractivity (Wildman–Crippen MR) is 71.1 cm³/mol. The van der Waals surface area contributed by atoms with Crippen molar-refractivity contribution in [2.45, 2.75) is 39.2 Å². The fraction of sp³-hybridized carbons (Fsp3) is 0.500. The average Bonchev–Trinajstić information content (AvgIpc) is 2.80. The van der Waals surface area contributed by atoms with Gasteiger partial charge in [-0.25, -0.2) is 14.8 Å². The summed E-state index contributed by atoms with van der Waals surface area (Å²) in [5.41, 5.74) is 0.774. The van der Waals surface area contributed by atoms with E-state index in [-0.39, 0.29) is 31.0 Å². The first kappa shape index (κ1) is 13.7. The van der Waals surface area contributed by atoms with Gasteiger partial charge in [-0.15, -0.1) is 11.3 Å². The summed E-state index contributed by atoms with van der Waals surface area (Å²) in [6, 6.07) is 0. The molecule has 0 bridgehead atoms. The zero-order chi connectivity index (χ0) is 14.0. The largest absolute Gasteiger partial charge is 0.477 e. The first-order valence-electron chi connectivity index (χ1n) is 6.03. The molecule has 7 heteroatoms. The Balaban J connectivity index is 2.14. The number of rotatable bonds is 4. The van der Waals surface area contributed by atoms with Crippen LogP contribution >= 0.6 is 11.3 Å². The van der Waals surface area contributed by atoms with Gasteiger partial charge in [0.25, 0.3) is 0 Å². The lowest BCUT2D eigenvalue weighted by atomic mass is 10.1. The van der Waals surface area contributed by atoms with Crippen molar-refractivity contribution in [3.05, 3.63) is 16.1 Å². The van der Waals surface area contributed by atoms with E-state index in [2.05, 4.69) is 23.9 Å². The molecule has 19 heavy (non-hydrogen) atoms. The van der Waals surface area contributed by atoms with Crippen LogP contribution in [0.5, 0.6) is 0 Å². The van der Waals surface area contributed by atoms with Gasteiger partial charge in [0.05, 0.1) is 17.2 Å². The Morgan fingerprint density at radius 3 is 2.84 bits per heavy atom. The Labute approximate surface area is 114 Å². The maximum absolute atomic E-state index is 11.7. The number of amides is 1. The molecule has 0 radical (unpaired) electrons. The topological polar surface area (TPSA) is 82.9 Å². The van der Waals surface area contributed by atoms with Gasteiger partial charge in [-0.05, 0) is 0 Å². The molecule has 0 aromatic carbocycles. The Bertz CT molecular complexity index is 536. The van der Waals surface area contributed by atoms with E-state index in [0.717, 1.165) is 10.7 Å². The van der Waals surface area contributed by atoms with Gasteiger partial charge < -0.3 is 5.11 Å². The summed E-state index contributed by atoms with van der Waals surface area (Å²) in [6.07, 6.45) is 0.380. The van der Waals surface area contributed by atoms with Gasteiger partial charge in [-0.3, -0.25) is 4.79 Å². The summed E-state index contributed by atoms with van der Waals surface area (Å²) in [7, 11) is 0. The number of aromatic nitrogens is 1. The van der Waals surface area contributed by atoms with Gasteiger partial charge in [0.2, 0.25) is 5.91 Å². The van der Waals surface area contributed by atoms with Crippen molar-refractivity contribution in [3.63, 3.8) is 0 Å². The Morgan fingerprint density at radius 2 is 2.26 bits per heavy atom. The van der Waals surface area contributed by atoms with Crippen LogP contribution in [0, 0.1) is 0 Å². The van der Waals surface area contributed by atoms with E-state index in [0.29, 0.717) is 5.92 Å². The number of carbonyl (C=O) groups is 2. The molecule has 1 aliphatic rings. The van der Waals surface area contributed by atoms with E-state index >= 15 is 0 Å². The number of aliphatic carboxylic acids is 1. The molecule has 0 aliphatic carbocycles. The van der Waals surface area contributed by atoms with Crippen molar-refractivity contribution in [1.29, 1.82) is 0 Å². The van der Waals surface area contributed by atoms with Crippen molar-refractivity contribution in [2.75, 3.05) is 0 Å². The zero-order valence-electron chi connectivity index (χ0n) is 10.8. The maximum Gasteiger partial charge on any atom is 0.352 e. The van der Waals surface area contributed by atoms with Crippen molar-refractivity contribution < 1.29 is 14.7 Å². The molecular formula is C12H15N3O3S. The van der Waals surface area contributed by atoms with Gasteiger partial charge in [-0.2, -0.15) is 5.10 Å². The second-order valence-corrected chi connectivity index (χ2v) is 5.52. The molecule has 0 spiro atoms. The first-order valence-corrected chi connectivity index (χ1v) is 6.90. The Hall–Kier alpha value is -1.76. The van der Waals surface area contributed by atoms with Gasteiger partial charge in [0.15, 0.2) is 0 Å². The molecule has 6 nitrogen and oxygen atoms in total. The molecule has 1 N–H and O–H groups in total. The van der Waals surface area contributed by atoms with Gasteiger partial charge >= 0.3 is 5.97 Å². The van der Waals surface area contributed by atoms with Crippen molar-refractivity contribution in [1.82, 2.24) is 9.99 Å². The van der Waals surface area contributed by atoms with E-state index in [1.807, 2.05) is 5.38 Å². The molecule has 2 rings (SSSR count). The van der Waals surface area contributed by atoms with Crippen LogP contribution in [0.15, 0.2) is 10.5 Å². The summed E-state index contributed by atoms with van der Waals surface area (Å²) in [5, 5.41) is 16.9. The average molecular weight is 281 g/mol. The first-order chi connectivity index (χ1) is 8.97. The highest BCUT2D eigenvalue weighted by Gasteiger charge is 2.24. The van der Waals surface area contributed by atoms with Crippen LogP contribution in [-0.2, 0) is 16.1 Å². The van der Waals surface area contributed by atoms with E-state index in [1.165, 1.54) is 5.01 Å². The number of hydrogen-bond donors (Lipinski definition) is 1. The summed E-state index contributed by atoms with van der Waals surface area (Å²) >= 11 is 1.54. The van der Waals surface area contributed by atoms with Gasteiger partial charge in [0, 0.05) is 24.1 Å². The number of carboxylic acid groups (broad SMARTS) is 1. The zero-order valence-corrected chi connectivity index (χ0v) is 11.6. The highest BCUT2D eigenvalue weighted by Crippen LogP contribution is 2.21. The van der Waals surface area contributed by atoms with Crippen molar-refractivity contribution in [2.24, 2.45) is 5.10 Å². The molecule has 0 atom stereocenters. The summed E-state index contributed by atoms with van der Waals surface area (Å²) in [5.74, 6) is -0.892. The molecule has 2 heterocycles. The molecule has 0 fully saturated rings. The van der Waals surface area contributed by atoms with Crippen molar-refractivity contribution in [3.8, 4) is 0 Å². The van der Waals surface area contributed by atoms with Gasteiger partial charge in [0.1, 0.15) is 5.71 Å². The van der Waals surface area contributed by atoms with Crippen LogP contribution in [-0.4, -0.2) is 32.7 Å². The smallest absolute Gasteiger partial charge is 0.352 e. The Morgan fingerprint density at radius 1 is 1.53 bits per heavy atom. The second kappa shape index (κ2) is 5.48. The molecule has 0 unspecified atom stereocenters. The fourth-order valence-electron chi connectivity index (χ4n) is 1.69. The van der Waals surface area contributed by atoms with E-state index in [9.17, 15) is 9.59 Å². The number of nitrogens with zero attached hydrogens (tertiary/aromatic N) is 3. The lowest BCUT2D eigenvalue weighted by Gasteiger charge is -2.21. The number of carbonyl (C=O) groups excluding carboxylic acids is 1. The van der Waals surface area contributed by atoms with Crippen LogP contribution in [0.1, 0.15) is 43.3 Å². The summed E-state index contributed by atoms with van der Waals surface area (Å²) in [6.45, 7) is 4.34. The number of hydrazone groups is 1. The minimum absolute atomic E-state index is 0.0268. The van der Waals surface area contributed by atoms with E-state index in [1.54, 1.807) is 11.3 Å². The van der Waals surface area contributed by atoms with Crippen LogP contribution in [0.25, 0.3) is 0 Å². The Kier molecular flexibility index (Phi) is 3.94. The molecular weight excluding hydrogens is 266 g/mol. The standard InChI is InChI=1S/C12H15N3O3S/c1-7(2)11-13-8(6-19-11)5-15-10(16)4-3-9(14-15)12(17)18/h6-7H,3-5H2,1-2H3,(H,17,18). The third kappa shape index (κ3) is 3.17. The molecule has 1 aromatic heterocycles.